The number of aliphatic hydroxyl groups excluding tert-OH is 4. The van der Waals surface area contributed by atoms with Crippen molar-refractivity contribution in [2.24, 2.45) is 5.73 Å². The number of nitrogens with zero attached hydrogens (tertiary/aromatic N) is 3. The van der Waals surface area contributed by atoms with Crippen LogP contribution in [0.15, 0.2) is 48.5 Å². The number of β-amino-alcohol motifs (C(OH)–C–C–N with tert-alkyl or cyclic N) is 2. The number of rotatable bonds is 17. The summed E-state index contributed by atoms with van der Waals surface area (Å²) in [4.78, 5) is 18.3. The molecule has 1 amide bonds. The third-order valence-corrected chi connectivity index (χ3v) is 9.04. The van der Waals surface area contributed by atoms with E-state index in [2.05, 4.69) is 14.7 Å². The minimum atomic E-state index is -0.727. The highest BCUT2D eigenvalue weighted by Crippen LogP contribution is 2.23. The van der Waals surface area contributed by atoms with Crippen molar-refractivity contribution < 1.29 is 25.2 Å². The topological polar surface area (TPSA) is 134 Å². The third-order valence-electron chi connectivity index (χ3n) is 9.04. The molecular weight excluding hydrogens is 556 g/mol. The average molecular weight is 611 g/mol. The van der Waals surface area contributed by atoms with E-state index in [1.807, 2.05) is 48.5 Å². The smallest absolute Gasteiger partial charge is 0.218 e. The number of carbonyl (C=O) groups excluding carboxylic acids is 1. The Balaban J connectivity index is 1.28. The van der Waals surface area contributed by atoms with Gasteiger partial charge in [-0.1, -0.05) is 61.4 Å². The van der Waals surface area contributed by atoms with E-state index in [9.17, 15) is 25.2 Å². The van der Waals surface area contributed by atoms with Gasteiger partial charge in [0.2, 0.25) is 5.91 Å². The molecule has 2 heterocycles. The first-order chi connectivity index (χ1) is 21.2. The Kier molecular flexibility index (Phi) is 14.1. The summed E-state index contributed by atoms with van der Waals surface area (Å²) in [5.74, 6) is -0.349. The summed E-state index contributed by atoms with van der Waals surface area (Å²) < 4.78 is 0. The lowest BCUT2D eigenvalue weighted by Gasteiger charge is -2.29. The van der Waals surface area contributed by atoms with Crippen LogP contribution < -0.4 is 5.73 Å². The number of likely N-dealkylation sites (tertiary alicyclic amines) is 2. The van der Waals surface area contributed by atoms with E-state index in [0.29, 0.717) is 45.6 Å². The van der Waals surface area contributed by atoms with Gasteiger partial charge in [-0.2, -0.15) is 0 Å². The van der Waals surface area contributed by atoms with Crippen LogP contribution in [0.5, 0.6) is 0 Å². The number of hydrogen-bond donors (Lipinski definition) is 5. The fourth-order valence-corrected chi connectivity index (χ4v) is 6.51. The monoisotopic (exact) mass is 610 g/mol. The van der Waals surface area contributed by atoms with Crippen molar-refractivity contribution >= 4 is 5.91 Å². The molecule has 0 radical (unpaired) electrons. The summed E-state index contributed by atoms with van der Waals surface area (Å²) in [5.41, 5.74) is 9.13. The SMILES string of the molecule is NC(=O)CCN(Cc1ccc([C@@H](O)C[C@@H](O)CN2CCCCC2)cc1)Cc1ccc([C@@H](O)C[C@@H](O)CN2CCCCC2)cc1. The first-order valence-corrected chi connectivity index (χ1v) is 16.6. The molecular formula is C35H54N4O5. The number of nitrogens with two attached hydrogens (primary N) is 1. The number of carbonyl (C=O) groups is 1. The summed E-state index contributed by atoms with van der Waals surface area (Å²) in [5, 5.41) is 42.5. The highest BCUT2D eigenvalue weighted by molar-refractivity contribution is 5.73. The van der Waals surface area contributed by atoms with Crippen LogP contribution in [0.3, 0.4) is 0 Å². The number of aliphatic hydroxyl groups is 4. The maximum absolute atomic E-state index is 11.6. The van der Waals surface area contributed by atoms with Crippen molar-refractivity contribution in [1.82, 2.24) is 14.7 Å². The Morgan fingerprint density at radius 2 is 1.05 bits per heavy atom. The van der Waals surface area contributed by atoms with Gasteiger partial charge in [-0.25, -0.2) is 0 Å². The van der Waals surface area contributed by atoms with E-state index in [4.69, 9.17) is 5.73 Å². The molecule has 244 valence electrons. The Hall–Kier alpha value is -2.37. The van der Waals surface area contributed by atoms with E-state index in [1.165, 1.54) is 38.5 Å². The highest BCUT2D eigenvalue weighted by Gasteiger charge is 2.20. The van der Waals surface area contributed by atoms with Gasteiger partial charge in [0.05, 0.1) is 24.4 Å². The second kappa shape index (κ2) is 17.9. The minimum absolute atomic E-state index is 0.247. The van der Waals surface area contributed by atoms with Crippen LogP contribution in [-0.4, -0.2) is 99.1 Å². The van der Waals surface area contributed by atoms with Crippen LogP contribution >= 0.6 is 0 Å². The molecule has 44 heavy (non-hydrogen) atoms. The zero-order valence-electron chi connectivity index (χ0n) is 26.3. The lowest BCUT2D eigenvalue weighted by molar-refractivity contribution is -0.118. The predicted octanol–water partition coefficient (Wildman–Crippen LogP) is 3.10. The molecule has 0 aliphatic carbocycles. The van der Waals surface area contributed by atoms with Crippen LogP contribution in [0.4, 0.5) is 0 Å². The molecule has 0 aromatic heterocycles. The molecule has 4 rings (SSSR count). The first kappa shape index (κ1) is 34.5. The Morgan fingerprint density at radius 3 is 1.41 bits per heavy atom. The van der Waals surface area contributed by atoms with Crippen molar-refractivity contribution in [3.63, 3.8) is 0 Å². The van der Waals surface area contributed by atoms with Crippen molar-refractivity contribution in [2.45, 2.75) is 95.3 Å². The zero-order chi connectivity index (χ0) is 31.3. The minimum Gasteiger partial charge on any atom is -0.392 e. The number of benzene rings is 2. The van der Waals surface area contributed by atoms with Crippen molar-refractivity contribution in [2.75, 3.05) is 45.8 Å². The normalized spacial score (nSPS) is 19.5. The Morgan fingerprint density at radius 1 is 0.659 bits per heavy atom. The van der Waals surface area contributed by atoms with Crippen molar-refractivity contribution in [1.29, 1.82) is 0 Å². The van der Waals surface area contributed by atoms with E-state index >= 15 is 0 Å². The van der Waals surface area contributed by atoms with Gasteiger partial charge in [-0.15, -0.1) is 0 Å². The Labute approximate surface area is 263 Å². The highest BCUT2D eigenvalue weighted by atomic mass is 16.3. The second-order valence-corrected chi connectivity index (χ2v) is 12.9. The van der Waals surface area contributed by atoms with Crippen molar-refractivity contribution in [3.05, 3.63) is 70.8 Å². The largest absolute Gasteiger partial charge is 0.392 e. The maximum atomic E-state index is 11.6. The van der Waals surface area contributed by atoms with Crippen LogP contribution in [0, 0.1) is 0 Å². The summed E-state index contributed by atoms with van der Waals surface area (Å²) >= 11 is 0. The molecule has 2 aromatic carbocycles. The van der Waals surface area contributed by atoms with Crippen LogP contribution in [0.25, 0.3) is 0 Å². The van der Waals surface area contributed by atoms with Crippen molar-refractivity contribution in [3.8, 4) is 0 Å². The second-order valence-electron chi connectivity index (χ2n) is 12.9. The molecule has 0 saturated carbocycles. The lowest BCUT2D eigenvalue weighted by atomic mass is 10.0. The predicted molar refractivity (Wildman–Crippen MR) is 173 cm³/mol. The van der Waals surface area contributed by atoms with Gasteiger partial charge < -0.3 is 36.0 Å². The number of amides is 1. The molecule has 0 bridgehead atoms. The van der Waals surface area contributed by atoms with E-state index in [0.717, 1.165) is 48.4 Å². The number of piperidine rings is 2. The molecule has 9 heteroatoms. The van der Waals surface area contributed by atoms with Gasteiger partial charge in [-0.3, -0.25) is 9.69 Å². The molecule has 2 aliphatic rings. The van der Waals surface area contributed by atoms with E-state index < -0.39 is 24.4 Å². The van der Waals surface area contributed by atoms with E-state index in [-0.39, 0.29) is 12.3 Å². The average Bonchev–Trinajstić information content (AvgIpc) is 3.01. The van der Waals surface area contributed by atoms with Crippen LogP contribution in [-0.2, 0) is 17.9 Å². The fourth-order valence-electron chi connectivity index (χ4n) is 6.51. The Bertz CT molecular complexity index is 1020. The zero-order valence-corrected chi connectivity index (χ0v) is 26.3. The molecule has 2 saturated heterocycles. The van der Waals surface area contributed by atoms with Gasteiger partial charge in [0.15, 0.2) is 0 Å². The maximum Gasteiger partial charge on any atom is 0.218 e. The third kappa shape index (κ3) is 11.9. The quantitative estimate of drug-likeness (QED) is 0.185. The molecule has 2 aliphatic heterocycles. The van der Waals surface area contributed by atoms with Crippen LogP contribution in [0.2, 0.25) is 0 Å². The summed E-state index contributed by atoms with van der Waals surface area (Å²) in [6.45, 7) is 6.99. The molecule has 6 N–H and O–H groups in total. The molecule has 2 fully saturated rings. The summed E-state index contributed by atoms with van der Waals surface area (Å²) in [6.07, 6.45) is 5.47. The molecule has 0 unspecified atom stereocenters. The van der Waals surface area contributed by atoms with Gasteiger partial charge in [-0.05, 0) is 74.1 Å². The van der Waals surface area contributed by atoms with Gasteiger partial charge in [0.1, 0.15) is 0 Å². The molecule has 9 nitrogen and oxygen atoms in total. The number of primary amides is 1. The van der Waals surface area contributed by atoms with Gasteiger partial charge in [0.25, 0.3) is 0 Å². The molecule has 4 atom stereocenters. The summed E-state index contributed by atoms with van der Waals surface area (Å²) in [7, 11) is 0. The number of hydrogen-bond acceptors (Lipinski definition) is 8. The fraction of sp³-hybridized carbons (Fsp3) is 0.629. The standard InChI is InChI=1S/C35H54N4O5/c36-35(44)15-20-39(23-27-7-11-29(12-8-27)33(42)21-31(40)25-37-16-3-1-4-17-37)24-28-9-13-30(14-10-28)34(43)22-32(41)26-38-18-5-2-6-19-38/h7-14,31-34,40-43H,1-6,15-26H2,(H2,36,44)/t31-,32-,33+,34+/m1/s1. The van der Waals surface area contributed by atoms with Gasteiger partial charge in [0, 0.05) is 52.0 Å². The van der Waals surface area contributed by atoms with E-state index in [1.54, 1.807) is 0 Å². The first-order valence-electron chi connectivity index (χ1n) is 16.6. The van der Waals surface area contributed by atoms with Gasteiger partial charge >= 0.3 is 0 Å². The molecule has 0 spiro atoms. The molecule has 2 aromatic rings. The summed E-state index contributed by atoms with van der Waals surface area (Å²) in [6, 6.07) is 15.6. The van der Waals surface area contributed by atoms with Crippen LogP contribution in [0.1, 0.15) is 92.2 Å². The lowest BCUT2D eigenvalue weighted by Crippen LogP contribution is -2.36.